The molecule has 12 heteroatoms. The van der Waals surface area contributed by atoms with Gasteiger partial charge in [-0.15, -0.1) is 0 Å². The van der Waals surface area contributed by atoms with Crippen LogP contribution in [0.1, 0.15) is 18.4 Å². The Morgan fingerprint density at radius 1 is 1.11 bits per heavy atom. The van der Waals surface area contributed by atoms with E-state index in [1.165, 1.54) is 42.5 Å². The van der Waals surface area contributed by atoms with Crippen molar-refractivity contribution < 1.29 is 31.6 Å². The standard InChI is InChI=1S/C23H21F2N3O5S2/c24-16-9-7-15(8-10-16)14-19-22(30)27(23(31)34-19)13-11-26-21(29)18-5-3-12-28(18)35(32,33)20-6-2-1-4-17(20)25/h1-2,4,6-10,14,18H,3,5,11-13H2,(H,26,29)/b19-14+/t18-/m0/s1. The third-order valence-corrected chi connectivity index (χ3v) is 8.45. The molecule has 2 aromatic carbocycles. The van der Waals surface area contributed by atoms with Gasteiger partial charge < -0.3 is 5.32 Å². The summed E-state index contributed by atoms with van der Waals surface area (Å²) in [6, 6.07) is 9.39. The Bertz CT molecular complexity index is 1300. The first kappa shape index (κ1) is 25.0. The van der Waals surface area contributed by atoms with E-state index in [9.17, 15) is 31.6 Å². The Balaban J connectivity index is 1.37. The Kier molecular flexibility index (Phi) is 7.33. The van der Waals surface area contributed by atoms with E-state index in [2.05, 4.69) is 5.32 Å². The smallest absolute Gasteiger partial charge is 0.293 e. The highest BCUT2D eigenvalue weighted by Crippen LogP contribution is 2.32. The summed E-state index contributed by atoms with van der Waals surface area (Å²) < 4.78 is 54.0. The van der Waals surface area contributed by atoms with Gasteiger partial charge in [-0.1, -0.05) is 24.3 Å². The maximum Gasteiger partial charge on any atom is 0.293 e. The van der Waals surface area contributed by atoms with Crippen molar-refractivity contribution in [2.75, 3.05) is 19.6 Å². The van der Waals surface area contributed by atoms with E-state index in [0.717, 1.165) is 33.1 Å². The molecule has 2 aromatic rings. The van der Waals surface area contributed by atoms with Crippen molar-refractivity contribution in [2.45, 2.75) is 23.8 Å². The number of rotatable bonds is 7. The Morgan fingerprint density at radius 2 is 1.83 bits per heavy atom. The summed E-state index contributed by atoms with van der Waals surface area (Å²) >= 11 is 0.737. The molecule has 1 atom stereocenters. The highest BCUT2D eigenvalue weighted by atomic mass is 32.2. The quantitative estimate of drug-likeness (QED) is 0.562. The second-order valence-corrected chi connectivity index (χ2v) is 10.7. The number of hydrogen-bond donors (Lipinski definition) is 1. The number of halogens is 2. The van der Waals surface area contributed by atoms with Crippen LogP contribution >= 0.6 is 11.8 Å². The molecule has 0 aromatic heterocycles. The van der Waals surface area contributed by atoms with E-state index in [1.54, 1.807) is 0 Å². The van der Waals surface area contributed by atoms with Crippen molar-refractivity contribution >= 4 is 44.9 Å². The van der Waals surface area contributed by atoms with Crippen LogP contribution in [0.4, 0.5) is 13.6 Å². The number of benzene rings is 2. The fraction of sp³-hybridized carbons (Fsp3) is 0.261. The predicted octanol–water partition coefficient (Wildman–Crippen LogP) is 2.97. The molecular weight excluding hydrogens is 500 g/mol. The summed E-state index contributed by atoms with van der Waals surface area (Å²) in [6.45, 7) is -0.110. The van der Waals surface area contributed by atoms with Crippen LogP contribution in [0.5, 0.6) is 0 Å². The van der Waals surface area contributed by atoms with Crippen LogP contribution in [0.2, 0.25) is 0 Å². The Morgan fingerprint density at radius 3 is 2.54 bits per heavy atom. The van der Waals surface area contributed by atoms with Crippen molar-refractivity contribution in [3.63, 3.8) is 0 Å². The van der Waals surface area contributed by atoms with Gasteiger partial charge in [-0.25, -0.2) is 17.2 Å². The minimum atomic E-state index is -4.22. The molecule has 0 radical (unpaired) electrons. The third-order valence-electron chi connectivity index (χ3n) is 5.61. The number of carbonyl (C=O) groups is 3. The first-order chi connectivity index (χ1) is 16.7. The number of carbonyl (C=O) groups excluding carboxylic acids is 3. The largest absolute Gasteiger partial charge is 0.353 e. The van der Waals surface area contributed by atoms with Gasteiger partial charge in [0.15, 0.2) is 0 Å². The van der Waals surface area contributed by atoms with E-state index in [-0.39, 0.29) is 31.0 Å². The molecule has 8 nitrogen and oxygen atoms in total. The minimum Gasteiger partial charge on any atom is -0.353 e. The van der Waals surface area contributed by atoms with Crippen LogP contribution in [-0.2, 0) is 19.6 Å². The van der Waals surface area contributed by atoms with E-state index < -0.39 is 49.6 Å². The van der Waals surface area contributed by atoms with Crippen molar-refractivity contribution in [3.8, 4) is 0 Å². The summed E-state index contributed by atoms with van der Waals surface area (Å²) in [5.74, 6) is -2.44. The number of thioether (sulfide) groups is 1. The molecule has 35 heavy (non-hydrogen) atoms. The lowest BCUT2D eigenvalue weighted by Gasteiger charge is -2.24. The van der Waals surface area contributed by atoms with Gasteiger partial charge >= 0.3 is 0 Å². The molecule has 2 aliphatic heterocycles. The van der Waals surface area contributed by atoms with Gasteiger partial charge in [0.1, 0.15) is 22.6 Å². The summed E-state index contributed by atoms with van der Waals surface area (Å²) in [5.41, 5.74) is 0.558. The van der Waals surface area contributed by atoms with Gasteiger partial charge in [0, 0.05) is 19.6 Å². The molecule has 2 heterocycles. The van der Waals surface area contributed by atoms with Gasteiger partial charge in [0.05, 0.1) is 4.91 Å². The molecule has 2 aliphatic rings. The third kappa shape index (κ3) is 5.29. The summed E-state index contributed by atoms with van der Waals surface area (Å²) in [4.78, 5) is 38.3. The minimum absolute atomic E-state index is 0.0754. The van der Waals surface area contributed by atoms with Crippen LogP contribution in [-0.4, -0.2) is 60.4 Å². The topological polar surface area (TPSA) is 104 Å². The first-order valence-corrected chi connectivity index (χ1v) is 13.0. The van der Waals surface area contributed by atoms with Crippen LogP contribution in [0.3, 0.4) is 0 Å². The number of imide groups is 1. The Hall–Kier alpha value is -3.09. The second kappa shape index (κ2) is 10.3. The first-order valence-electron chi connectivity index (χ1n) is 10.7. The van der Waals surface area contributed by atoms with E-state index in [1.807, 2.05) is 0 Å². The lowest BCUT2D eigenvalue weighted by molar-refractivity contribution is -0.125. The molecule has 0 aliphatic carbocycles. The predicted molar refractivity (Wildman–Crippen MR) is 125 cm³/mol. The fourth-order valence-electron chi connectivity index (χ4n) is 3.88. The van der Waals surface area contributed by atoms with Gasteiger partial charge in [-0.3, -0.25) is 19.3 Å². The number of amides is 3. The summed E-state index contributed by atoms with van der Waals surface area (Å²) in [6.07, 6.45) is 2.18. The highest BCUT2D eigenvalue weighted by molar-refractivity contribution is 8.18. The molecule has 184 valence electrons. The normalized spacial score (nSPS) is 20.1. The summed E-state index contributed by atoms with van der Waals surface area (Å²) in [5, 5.41) is 2.06. The second-order valence-electron chi connectivity index (χ2n) is 7.88. The zero-order valence-corrected chi connectivity index (χ0v) is 20.0. The van der Waals surface area contributed by atoms with E-state index >= 15 is 0 Å². The molecule has 3 amide bonds. The van der Waals surface area contributed by atoms with Gasteiger partial charge in [0.2, 0.25) is 15.9 Å². The average molecular weight is 522 g/mol. The highest BCUT2D eigenvalue weighted by Gasteiger charge is 2.40. The molecule has 1 N–H and O–H groups in total. The molecule has 2 fully saturated rings. The lowest BCUT2D eigenvalue weighted by atomic mass is 10.2. The van der Waals surface area contributed by atoms with Crippen molar-refractivity contribution in [1.82, 2.24) is 14.5 Å². The molecule has 4 rings (SSSR count). The molecule has 0 unspecified atom stereocenters. The lowest BCUT2D eigenvalue weighted by Crippen LogP contribution is -2.47. The average Bonchev–Trinajstić information content (AvgIpc) is 3.42. The Labute approximate surface area is 205 Å². The summed E-state index contributed by atoms with van der Waals surface area (Å²) in [7, 11) is -4.22. The van der Waals surface area contributed by atoms with Gasteiger partial charge in [-0.2, -0.15) is 4.31 Å². The number of nitrogens with zero attached hydrogens (tertiary/aromatic N) is 2. The molecular formula is C23H21F2N3O5S2. The zero-order chi connectivity index (χ0) is 25.2. The zero-order valence-electron chi connectivity index (χ0n) is 18.3. The van der Waals surface area contributed by atoms with Crippen LogP contribution < -0.4 is 5.32 Å². The molecule has 0 spiro atoms. The van der Waals surface area contributed by atoms with Gasteiger partial charge in [-0.05, 0) is 60.5 Å². The SMILES string of the molecule is O=C(NCCN1C(=O)S/C(=C/c2ccc(F)cc2)C1=O)[C@@H]1CCCN1S(=O)(=O)c1ccccc1F. The van der Waals surface area contributed by atoms with Gasteiger partial charge in [0.25, 0.3) is 11.1 Å². The van der Waals surface area contributed by atoms with Crippen LogP contribution in [0.25, 0.3) is 6.08 Å². The molecule has 2 saturated heterocycles. The monoisotopic (exact) mass is 521 g/mol. The number of hydrogen-bond acceptors (Lipinski definition) is 6. The van der Waals surface area contributed by atoms with E-state index in [4.69, 9.17) is 0 Å². The van der Waals surface area contributed by atoms with Crippen molar-refractivity contribution in [1.29, 1.82) is 0 Å². The van der Waals surface area contributed by atoms with E-state index in [0.29, 0.717) is 12.0 Å². The van der Waals surface area contributed by atoms with Crippen molar-refractivity contribution in [2.24, 2.45) is 0 Å². The maximum atomic E-state index is 14.1. The van der Waals surface area contributed by atoms with Crippen LogP contribution in [0, 0.1) is 11.6 Å². The molecule has 0 saturated carbocycles. The number of nitrogens with one attached hydrogen (secondary N) is 1. The fourth-order valence-corrected chi connectivity index (χ4v) is 6.47. The molecule has 0 bridgehead atoms. The van der Waals surface area contributed by atoms with Crippen molar-refractivity contribution in [3.05, 3.63) is 70.6 Å². The maximum absolute atomic E-state index is 14.1. The van der Waals surface area contributed by atoms with Crippen LogP contribution in [0.15, 0.2) is 58.3 Å². The number of sulfonamides is 1.